The summed E-state index contributed by atoms with van der Waals surface area (Å²) in [6.45, 7) is 0. The van der Waals surface area contributed by atoms with Crippen molar-refractivity contribution in [2.45, 2.75) is 11.5 Å². The largest absolute Gasteiger partial charge is 0.252 e. The van der Waals surface area contributed by atoms with Crippen LogP contribution in [-0.2, 0) is 18.6 Å². The van der Waals surface area contributed by atoms with Gasteiger partial charge in [0.15, 0.2) is 0 Å². The normalized spacial score (nSPS) is 11.0. The Labute approximate surface area is 116 Å². The topological polar surface area (TPSA) is 30.7 Å². The van der Waals surface area contributed by atoms with Crippen LogP contribution in [0.15, 0.2) is 48.8 Å². The minimum absolute atomic E-state index is 0.892. The van der Waals surface area contributed by atoms with E-state index >= 15 is 0 Å². The quantitative estimate of drug-likeness (QED) is 0.727. The van der Waals surface area contributed by atoms with Gasteiger partial charge in [0.25, 0.3) is 0 Å². The van der Waals surface area contributed by atoms with Crippen LogP contribution < -0.4 is 0 Å². The number of aromatic nitrogens is 3. The van der Waals surface area contributed by atoms with Crippen molar-refractivity contribution in [3.05, 3.63) is 60.2 Å². The Hall–Kier alpha value is -1.81. The Morgan fingerprint density at radius 2 is 1.89 bits per heavy atom. The van der Waals surface area contributed by atoms with Crippen molar-refractivity contribution in [3.63, 3.8) is 0 Å². The van der Waals surface area contributed by atoms with E-state index in [0.29, 0.717) is 0 Å². The van der Waals surface area contributed by atoms with Gasteiger partial charge in [0.05, 0.1) is 5.75 Å². The van der Waals surface area contributed by atoms with Gasteiger partial charge < -0.3 is 0 Å². The number of aryl methyl sites for hydroxylation is 1. The fourth-order valence-electron chi connectivity index (χ4n) is 2.04. The lowest BCUT2D eigenvalue weighted by Gasteiger charge is -2.04. The molecule has 0 fully saturated rings. The zero-order valence-corrected chi connectivity index (χ0v) is 11.6. The summed E-state index contributed by atoms with van der Waals surface area (Å²) >= 11 is 1.86. The smallest absolute Gasteiger partial charge is 0.138 e. The monoisotopic (exact) mass is 269 g/mol. The summed E-state index contributed by atoms with van der Waals surface area (Å²) < 4.78 is 1.83. The number of rotatable bonds is 4. The van der Waals surface area contributed by atoms with Crippen LogP contribution in [0.25, 0.3) is 10.8 Å². The van der Waals surface area contributed by atoms with Gasteiger partial charge in [0, 0.05) is 12.8 Å². The molecule has 3 nitrogen and oxygen atoms in total. The highest BCUT2D eigenvalue weighted by Crippen LogP contribution is 2.20. The van der Waals surface area contributed by atoms with E-state index in [1.165, 1.54) is 16.3 Å². The summed E-state index contributed by atoms with van der Waals surface area (Å²) in [4.78, 5) is 4.23. The van der Waals surface area contributed by atoms with E-state index < -0.39 is 0 Å². The maximum Gasteiger partial charge on any atom is 0.138 e. The Bertz CT molecular complexity index is 690. The predicted octanol–water partition coefficient (Wildman–Crippen LogP) is 3.40. The molecule has 0 saturated heterocycles. The van der Waals surface area contributed by atoms with E-state index in [4.69, 9.17) is 0 Å². The van der Waals surface area contributed by atoms with Gasteiger partial charge in [-0.25, -0.2) is 4.98 Å². The second-order valence-electron chi connectivity index (χ2n) is 4.47. The molecule has 4 heteroatoms. The van der Waals surface area contributed by atoms with Gasteiger partial charge in [0.2, 0.25) is 0 Å². The summed E-state index contributed by atoms with van der Waals surface area (Å²) in [5.74, 6) is 2.91. The lowest BCUT2D eigenvalue weighted by molar-refractivity contribution is 0.730. The third kappa shape index (κ3) is 2.79. The molecule has 0 radical (unpaired) electrons. The lowest BCUT2D eigenvalue weighted by Crippen LogP contribution is -1.97. The van der Waals surface area contributed by atoms with Crippen molar-refractivity contribution in [1.82, 2.24) is 14.8 Å². The van der Waals surface area contributed by atoms with Crippen molar-refractivity contribution in [1.29, 1.82) is 0 Å². The van der Waals surface area contributed by atoms with Gasteiger partial charge in [-0.2, -0.15) is 5.10 Å². The highest BCUT2D eigenvalue weighted by Gasteiger charge is 2.01. The maximum atomic E-state index is 4.23. The zero-order valence-electron chi connectivity index (χ0n) is 10.8. The van der Waals surface area contributed by atoms with Crippen LogP contribution in [0, 0.1) is 0 Å². The van der Waals surface area contributed by atoms with E-state index in [0.717, 1.165) is 17.3 Å². The van der Waals surface area contributed by atoms with Crippen molar-refractivity contribution >= 4 is 22.5 Å². The van der Waals surface area contributed by atoms with Crippen LogP contribution in [0.5, 0.6) is 0 Å². The molecule has 0 spiro atoms. The molecule has 1 heterocycles. The highest BCUT2D eigenvalue weighted by molar-refractivity contribution is 7.97. The third-order valence-electron chi connectivity index (χ3n) is 3.12. The van der Waals surface area contributed by atoms with Crippen molar-refractivity contribution in [3.8, 4) is 0 Å². The Kier molecular flexibility index (Phi) is 3.51. The SMILES string of the molecule is Cn1ncnc1CSCc1ccc2ccccc2c1. The molecule has 1 aromatic heterocycles. The molecular formula is C15H15N3S. The van der Waals surface area contributed by atoms with E-state index in [2.05, 4.69) is 52.5 Å². The predicted molar refractivity (Wildman–Crippen MR) is 80.0 cm³/mol. The molecule has 3 aromatic rings. The third-order valence-corrected chi connectivity index (χ3v) is 4.12. The average molecular weight is 269 g/mol. The Morgan fingerprint density at radius 3 is 2.68 bits per heavy atom. The molecule has 19 heavy (non-hydrogen) atoms. The van der Waals surface area contributed by atoms with Crippen LogP contribution in [-0.4, -0.2) is 14.8 Å². The number of nitrogens with zero attached hydrogens (tertiary/aromatic N) is 3. The number of hydrogen-bond donors (Lipinski definition) is 0. The average Bonchev–Trinajstić information content (AvgIpc) is 2.84. The van der Waals surface area contributed by atoms with Gasteiger partial charge in [-0.1, -0.05) is 42.5 Å². The minimum atomic E-state index is 0.892. The first kappa shape index (κ1) is 12.2. The van der Waals surface area contributed by atoms with E-state index in [-0.39, 0.29) is 0 Å². The molecular weight excluding hydrogens is 254 g/mol. The molecule has 0 aliphatic rings. The second kappa shape index (κ2) is 5.45. The van der Waals surface area contributed by atoms with Crippen molar-refractivity contribution < 1.29 is 0 Å². The van der Waals surface area contributed by atoms with Gasteiger partial charge in [0.1, 0.15) is 12.2 Å². The number of thioether (sulfide) groups is 1. The Morgan fingerprint density at radius 1 is 1.05 bits per heavy atom. The fraction of sp³-hybridized carbons (Fsp3) is 0.200. The first-order valence-electron chi connectivity index (χ1n) is 6.21. The summed E-state index contributed by atoms with van der Waals surface area (Å²) in [6.07, 6.45) is 1.60. The van der Waals surface area contributed by atoms with E-state index in [1.807, 2.05) is 23.5 Å². The van der Waals surface area contributed by atoms with Crippen molar-refractivity contribution in [2.24, 2.45) is 7.05 Å². The molecule has 96 valence electrons. The van der Waals surface area contributed by atoms with Gasteiger partial charge >= 0.3 is 0 Å². The summed E-state index contributed by atoms with van der Waals surface area (Å²) in [5.41, 5.74) is 1.35. The van der Waals surface area contributed by atoms with Gasteiger partial charge in [-0.3, -0.25) is 4.68 Å². The summed E-state index contributed by atoms with van der Waals surface area (Å²) in [5, 5.41) is 6.68. The Balaban J connectivity index is 1.67. The van der Waals surface area contributed by atoms with Crippen LogP contribution in [0.1, 0.15) is 11.4 Å². The molecule has 0 unspecified atom stereocenters. The number of benzene rings is 2. The van der Waals surface area contributed by atoms with Crippen LogP contribution >= 0.6 is 11.8 Å². The number of hydrogen-bond acceptors (Lipinski definition) is 3. The number of fused-ring (bicyclic) bond motifs is 1. The van der Waals surface area contributed by atoms with Gasteiger partial charge in [-0.05, 0) is 16.3 Å². The maximum absolute atomic E-state index is 4.23. The highest BCUT2D eigenvalue weighted by atomic mass is 32.2. The molecule has 0 bridgehead atoms. The molecule has 0 aliphatic carbocycles. The second-order valence-corrected chi connectivity index (χ2v) is 5.46. The van der Waals surface area contributed by atoms with Crippen LogP contribution in [0.2, 0.25) is 0 Å². The van der Waals surface area contributed by atoms with E-state index in [9.17, 15) is 0 Å². The standard InChI is InChI=1S/C15H15N3S/c1-18-15(16-11-17-18)10-19-9-12-6-7-13-4-2-3-5-14(13)8-12/h2-8,11H,9-10H2,1H3. The molecule has 0 atom stereocenters. The minimum Gasteiger partial charge on any atom is -0.252 e. The van der Waals surface area contributed by atoms with Gasteiger partial charge in [-0.15, -0.1) is 11.8 Å². The molecule has 0 aliphatic heterocycles. The first-order chi connectivity index (χ1) is 9.33. The molecule has 2 aromatic carbocycles. The summed E-state index contributed by atoms with van der Waals surface area (Å²) in [7, 11) is 1.93. The molecule has 0 N–H and O–H groups in total. The van der Waals surface area contributed by atoms with Crippen LogP contribution in [0.4, 0.5) is 0 Å². The first-order valence-corrected chi connectivity index (χ1v) is 7.37. The molecule has 0 amide bonds. The zero-order chi connectivity index (χ0) is 13.1. The van der Waals surface area contributed by atoms with Crippen molar-refractivity contribution in [2.75, 3.05) is 0 Å². The molecule has 0 saturated carbocycles. The van der Waals surface area contributed by atoms with Crippen LogP contribution in [0.3, 0.4) is 0 Å². The summed E-state index contributed by atoms with van der Waals surface area (Å²) in [6, 6.07) is 15.1. The molecule has 3 rings (SSSR count). The fourth-order valence-corrected chi connectivity index (χ4v) is 3.00. The lowest BCUT2D eigenvalue weighted by atomic mass is 10.1. The van der Waals surface area contributed by atoms with E-state index in [1.54, 1.807) is 6.33 Å².